The summed E-state index contributed by atoms with van der Waals surface area (Å²) in [5.41, 5.74) is 1.39. The molecule has 1 aliphatic rings. The molecule has 0 spiro atoms. The molecule has 1 aliphatic heterocycles. The maximum absolute atomic E-state index is 11.6. The van der Waals surface area contributed by atoms with Gasteiger partial charge in [0.05, 0.1) is 24.2 Å². The molecule has 1 aromatic rings. The first-order valence-corrected chi connectivity index (χ1v) is 8.28. The molecule has 0 radical (unpaired) electrons. The van der Waals surface area contributed by atoms with Crippen LogP contribution in [0.4, 0.5) is 0 Å². The molecule has 0 aliphatic carbocycles. The number of sulfone groups is 1. The Morgan fingerprint density at radius 1 is 1.50 bits per heavy atom. The van der Waals surface area contributed by atoms with E-state index in [-0.39, 0.29) is 23.5 Å². The van der Waals surface area contributed by atoms with Crippen LogP contribution < -0.4 is 10.1 Å². The summed E-state index contributed by atoms with van der Waals surface area (Å²) >= 11 is 0. The lowest BCUT2D eigenvalue weighted by molar-refractivity contribution is 0.407. The molecule has 0 aromatic heterocycles. The van der Waals surface area contributed by atoms with Crippen LogP contribution in [0.5, 0.6) is 5.75 Å². The van der Waals surface area contributed by atoms with E-state index in [9.17, 15) is 8.42 Å². The van der Waals surface area contributed by atoms with Crippen molar-refractivity contribution in [2.45, 2.75) is 12.5 Å². The minimum atomic E-state index is -2.92. The van der Waals surface area contributed by atoms with Crippen molar-refractivity contribution in [3.63, 3.8) is 0 Å². The molecule has 108 valence electrons. The van der Waals surface area contributed by atoms with Gasteiger partial charge in [-0.3, -0.25) is 0 Å². The van der Waals surface area contributed by atoms with Crippen molar-refractivity contribution in [3.05, 3.63) is 29.3 Å². The monoisotopic (exact) mass is 294 g/mol. The molecule has 1 N–H and O–H groups in total. The molecule has 6 heteroatoms. The third-order valence-corrected chi connectivity index (χ3v) is 5.55. The molecule has 20 heavy (non-hydrogen) atoms. The predicted octanol–water partition coefficient (Wildman–Crippen LogP) is 1.26. The van der Waals surface area contributed by atoms with Crippen molar-refractivity contribution < 1.29 is 13.2 Å². The fraction of sp³-hybridized carbons (Fsp3) is 0.500. The number of hydrogen-bond donors (Lipinski definition) is 1. The van der Waals surface area contributed by atoms with Crippen molar-refractivity contribution in [3.8, 4) is 11.8 Å². The van der Waals surface area contributed by atoms with Gasteiger partial charge < -0.3 is 10.1 Å². The van der Waals surface area contributed by atoms with E-state index in [0.717, 1.165) is 5.56 Å². The first-order chi connectivity index (χ1) is 9.50. The van der Waals surface area contributed by atoms with E-state index in [1.54, 1.807) is 12.1 Å². The van der Waals surface area contributed by atoms with Crippen LogP contribution in [0.2, 0.25) is 0 Å². The summed E-state index contributed by atoms with van der Waals surface area (Å²) in [6.07, 6.45) is 0.655. The highest BCUT2D eigenvalue weighted by molar-refractivity contribution is 7.91. The summed E-state index contributed by atoms with van der Waals surface area (Å²) in [6.45, 7) is 0. The van der Waals surface area contributed by atoms with Gasteiger partial charge in [-0.1, -0.05) is 6.07 Å². The van der Waals surface area contributed by atoms with Gasteiger partial charge in [0.25, 0.3) is 0 Å². The normalized spacial score (nSPS) is 22.1. The molecule has 2 rings (SSSR count). The molecular formula is C14H18N2O3S. The second-order valence-electron chi connectivity index (χ2n) is 5.00. The van der Waals surface area contributed by atoms with E-state index < -0.39 is 9.84 Å². The van der Waals surface area contributed by atoms with Crippen LogP contribution in [0.1, 0.15) is 23.6 Å². The highest BCUT2D eigenvalue weighted by atomic mass is 32.2. The molecule has 2 atom stereocenters. The molecule has 1 saturated heterocycles. The number of benzene rings is 1. The number of hydrogen-bond acceptors (Lipinski definition) is 5. The summed E-state index contributed by atoms with van der Waals surface area (Å²) in [6, 6.07) is 7.44. The quantitative estimate of drug-likeness (QED) is 0.904. The highest BCUT2D eigenvalue weighted by Gasteiger charge is 2.33. The highest BCUT2D eigenvalue weighted by Crippen LogP contribution is 2.33. The second-order valence-corrected chi connectivity index (χ2v) is 7.23. The molecule has 2 unspecified atom stereocenters. The van der Waals surface area contributed by atoms with Crippen LogP contribution in [0.3, 0.4) is 0 Å². The van der Waals surface area contributed by atoms with Crippen molar-refractivity contribution >= 4 is 9.84 Å². The molecule has 0 amide bonds. The Labute approximate surface area is 119 Å². The average Bonchev–Trinajstić information content (AvgIpc) is 2.79. The molecule has 1 heterocycles. The van der Waals surface area contributed by atoms with Gasteiger partial charge in [-0.25, -0.2) is 8.42 Å². The number of nitrogens with one attached hydrogen (secondary N) is 1. The van der Waals surface area contributed by atoms with Crippen LogP contribution in [0.15, 0.2) is 18.2 Å². The molecule has 5 nitrogen and oxygen atoms in total. The Hall–Kier alpha value is -1.58. The first kappa shape index (κ1) is 14.8. The first-order valence-electron chi connectivity index (χ1n) is 6.46. The van der Waals surface area contributed by atoms with E-state index >= 15 is 0 Å². The Kier molecular flexibility index (Phi) is 4.31. The fourth-order valence-electron chi connectivity index (χ4n) is 2.77. The molecule has 0 saturated carbocycles. The third kappa shape index (κ3) is 2.94. The number of ether oxygens (including phenoxy) is 1. The van der Waals surface area contributed by atoms with Crippen molar-refractivity contribution in [2.75, 3.05) is 25.7 Å². The summed E-state index contributed by atoms with van der Waals surface area (Å²) in [4.78, 5) is 0. The van der Waals surface area contributed by atoms with Crippen molar-refractivity contribution in [1.82, 2.24) is 5.32 Å². The maximum Gasteiger partial charge on any atom is 0.150 e. The molecule has 0 bridgehead atoms. The molecule has 1 aromatic carbocycles. The number of nitriles is 1. The Balaban J connectivity index is 2.31. The Bertz CT molecular complexity index is 634. The topological polar surface area (TPSA) is 79.2 Å². The van der Waals surface area contributed by atoms with E-state index in [0.29, 0.717) is 17.7 Å². The largest absolute Gasteiger partial charge is 0.495 e. The van der Waals surface area contributed by atoms with Gasteiger partial charge in [0.2, 0.25) is 0 Å². The summed E-state index contributed by atoms with van der Waals surface area (Å²) in [5, 5.41) is 12.3. The van der Waals surface area contributed by atoms with E-state index in [1.165, 1.54) is 7.11 Å². The smallest absolute Gasteiger partial charge is 0.150 e. The van der Waals surface area contributed by atoms with Gasteiger partial charge in [-0.05, 0) is 37.1 Å². The molecular weight excluding hydrogens is 276 g/mol. The van der Waals surface area contributed by atoms with Gasteiger partial charge in [0.1, 0.15) is 11.8 Å². The van der Waals surface area contributed by atoms with Crippen LogP contribution in [-0.2, 0) is 9.84 Å². The van der Waals surface area contributed by atoms with Crippen LogP contribution in [-0.4, -0.2) is 34.1 Å². The fourth-order valence-corrected chi connectivity index (χ4v) is 4.61. The summed E-state index contributed by atoms with van der Waals surface area (Å²) < 4.78 is 28.4. The average molecular weight is 294 g/mol. The summed E-state index contributed by atoms with van der Waals surface area (Å²) in [7, 11) is 0.417. The van der Waals surface area contributed by atoms with Crippen LogP contribution in [0, 0.1) is 17.2 Å². The minimum absolute atomic E-state index is 0.0462. The van der Waals surface area contributed by atoms with E-state index in [4.69, 9.17) is 10.00 Å². The zero-order chi connectivity index (χ0) is 14.8. The van der Waals surface area contributed by atoms with Gasteiger partial charge >= 0.3 is 0 Å². The zero-order valence-electron chi connectivity index (χ0n) is 11.6. The molecule has 1 fully saturated rings. The minimum Gasteiger partial charge on any atom is -0.495 e. The van der Waals surface area contributed by atoms with Gasteiger partial charge in [-0.15, -0.1) is 0 Å². The van der Waals surface area contributed by atoms with Crippen LogP contribution >= 0.6 is 0 Å². The zero-order valence-corrected chi connectivity index (χ0v) is 12.4. The number of rotatable bonds is 4. The van der Waals surface area contributed by atoms with E-state index in [1.807, 2.05) is 13.1 Å². The Morgan fingerprint density at radius 3 is 2.75 bits per heavy atom. The number of methoxy groups -OCH3 is 1. The lowest BCUT2D eigenvalue weighted by Gasteiger charge is -2.23. The number of nitrogens with zero attached hydrogens (tertiary/aromatic N) is 1. The maximum atomic E-state index is 11.6. The van der Waals surface area contributed by atoms with Gasteiger partial charge in [0, 0.05) is 6.04 Å². The van der Waals surface area contributed by atoms with Crippen LogP contribution in [0.25, 0.3) is 0 Å². The lowest BCUT2D eigenvalue weighted by Crippen LogP contribution is -2.26. The Morgan fingerprint density at radius 2 is 2.25 bits per heavy atom. The van der Waals surface area contributed by atoms with Gasteiger partial charge in [-0.2, -0.15) is 5.26 Å². The van der Waals surface area contributed by atoms with Crippen molar-refractivity contribution in [1.29, 1.82) is 5.26 Å². The van der Waals surface area contributed by atoms with Gasteiger partial charge in [0.15, 0.2) is 9.84 Å². The predicted molar refractivity (Wildman–Crippen MR) is 76.3 cm³/mol. The SMILES string of the molecule is CNC(c1ccc(OC)c(C#N)c1)C1CCS(=O)(=O)C1. The second kappa shape index (κ2) is 5.81. The lowest BCUT2D eigenvalue weighted by atomic mass is 9.91. The standard InChI is InChI=1S/C14H18N2O3S/c1-16-14(11-5-6-20(17,18)9-11)10-3-4-13(19-2)12(7-10)8-15/h3-4,7,11,14,16H,5-6,9H2,1-2H3. The van der Waals surface area contributed by atoms with Crippen molar-refractivity contribution in [2.24, 2.45) is 5.92 Å². The third-order valence-electron chi connectivity index (χ3n) is 3.75. The summed E-state index contributed by atoms with van der Waals surface area (Å²) in [5.74, 6) is 1.03. The van der Waals surface area contributed by atoms with E-state index in [2.05, 4.69) is 11.4 Å².